The van der Waals surface area contributed by atoms with Crippen LogP contribution in [-0.2, 0) is 0 Å². The summed E-state index contributed by atoms with van der Waals surface area (Å²) in [5, 5.41) is 2.91. The molecule has 18 heavy (non-hydrogen) atoms. The molecule has 0 radical (unpaired) electrons. The van der Waals surface area contributed by atoms with Gasteiger partial charge < -0.3 is 5.32 Å². The fourth-order valence-electron chi connectivity index (χ4n) is 1.71. The molecule has 0 aliphatic heterocycles. The van der Waals surface area contributed by atoms with Crippen LogP contribution in [0, 0.1) is 12.7 Å². The highest BCUT2D eigenvalue weighted by Gasteiger charge is 2.29. The summed E-state index contributed by atoms with van der Waals surface area (Å²) >= 11 is 5.86. The van der Waals surface area contributed by atoms with Crippen molar-refractivity contribution in [2.24, 2.45) is 0 Å². The maximum absolute atomic E-state index is 13.2. The molecular weight excluding hydrogens is 270 g/mol. The van der Waals surface area contributed by atoms with Crippen LogP contribution in [0.5, 0.6) is 0 Å². The quantitative estimate of drug-likeness (QED) is 0.808. The van der Waals surface area contributed by atoms with E-state index >= 15 is 0 Å². The Morgan fingerprint density at radius 1 is 1.33 bits per heavy atom. The molecule has 0 aliphatic carbocycles. The first-order valence-electron chi connectivity index (χ1n) is 5.44. The summed E-state index contributed by atoms with van der Waals surface area (Å²) in [5.41, 5.74) is 0.851. The lowest BCUT2D eigenvalue weighted by molar-refractivity contribution is -0.136. The molecule has 1 aromatic rings. The van der Waals surface area contributed by atoms with Gasteiger partial charge in [-0.1, -0.05) is 17.7 Å². The minimum atomic E-state index is -4.21. The third-order valence-electron chi connectivity index (χ3n) is 2.72. The van der Waals surface area contributed by atoms with Crippen LogP contribution in [0.15, 0.2) is 12.1 Å². The number of alkyl halides is 3. The number of aryl methyl sites for hydroxylation is 1. The lowest BCUT2D eigenvalue weighted by atomic mass is 10.00. The monoisotopic (exact) mass is 283 g/mol. The largest absolute Gasteiger partial charge is 0.389 e. The van der Waals surface area contributed by atoms with Crippen molar-refractivity contribution in [1.29, 1.82) is 0 Å². The molecule has 6 heteroatoms. The maximum Gasteiger partial charge on any atom is 0.389 e. The smallest absolute Gasteiger partial charge is 0.313 e. The Morgan fingerprint density at radius 3 is 2.44 bits per heavy atom. The molecule has 0 saturated heterocycles. The van der Waals surface area contributed by atoms with Gasteiger partial charge in [-0.25, -0.2) is 4.39 Å². The van der Waals surface area contributed by atoms with E-state index < -0.39 is 24.5 Å². The van der Waals surface area contributed by atoms with E-state index in [1.165, 1.54) is 6.07 Å². The number of hydrogen-bond acceptors (Lipinski definition) is 1. The highest BCUT2D eigenvalue weighted by molar-refractivity contribution is 6.31. The average molecular weight is 284 g/mol. The van der Waals surface area contributed by atoms with Gasteiger partial charge in [-0.15, -0.1) is 0 Å². The summed E-state index contributed by atoms with van der Waals surface area (Å²) in [5.74, 6) is -0.463. The van der Waals surface area contributed by atoms with Crippen LogP contribution >= 0.6 is 11.6 Å². The lowest BCUT2D eigenvalue weighted by Crippen LogP contribution is -2.20. The number of nitrogens with one attached hydrogen (secondary N) is 1. The second-order valence-corrected chi connectivity index (χ2v) is 4.53. The van der Waals surface area contributed by atoms with E-state index in [4.69, 9.17) is 11.6 Å². The van der Waals surface area contributed by atoms with Crippen LogP contribution < -0.4 is 5.32 Å². The number of benzene rings is 1. The topological polar surface area (TPSA) is 12.0 Å². The molecule has 0 spiro atoms. The van der Waals surface area contributed by atoms with E-state index in [9.17, 15) is 17.6 Å². The van der Waals surface area contributed by atoms with Crippen molar-refractivity contribution in [1.82, 2.24) is 5.32 Å². The highest BCUT2D eigenvalue weighted by atomic mass is 35.5. The van der Waals surface area contributed by atoms with Crippen LogP contribution in [0.4, 0.5) is 17.6 Å². The van der Waals surface area contributed by atoms with Gasteiger partial charge in [0, 0.05) is 17.5 Å². The van der Waals surface area contributed by atoms with Crippen LogP contribution in [0.25, 0.3) is 0 Å². The third-order valence-corrected chi connectivity index (χ3v) is 3.05. The van der Waals surface area contributed by atoms with Gasteiger partial charge in [0.05, 0.1) is 0 Å². The Morgan fingerprint density at radius 2 is 1.94 bits per heavy atom. The zero-order chi connectivity index (χ0) is 13.9. The first kappa shape index (κ1) is 15.2. The molecular formula is C12H14ClF4N. The minimum absolute atomic E-state index is 0.134. The summed E-state index contributed by atoms with van der Waals surface area (Å²) in [6.45, 7) is 1.55. The SMILES string of the molecule is CNC(CCC(F)(F)F)c1cc(C)c(F)cc1Cl. The highest BCUT2D eigenvalue weighted by Crippen LogP contribution is 2.32. The molecule has 0 aliphatic rings. The van der Waals surface area contributed by atoms with Crippen LogP contribution in [-0.4, -0.2) is 13.2 Å². The summed E-state index contributed by atoms with van der Waals surface area (Å²) in [7, 11) is 1.55. The fraction of sp³-hybridized carbons (Fsp3) is 0.500. The minimum Gasteiger partial charge on any atom is -0.313 e. The Balaban J connectivity index is 2.92. The van der Waals surface area contributed by atoms with Gasteiger partial charge in [0.25, 0.3) is 0 Å². The van der Waals surface area contributed by atoms with Crippen molar-refractivity contribution in [2.75, 3.05) is 7.05 Å². The van der Waals surface area contributed by atoms with Gasteiger partial charge >= 0.3 is 6.18 Å². The Hall–Kier alpha value is -0.810. The van der Waals surface area contributed by atoms with Gasteiger partial charge in [0.2, 0.25) is 0 Å². The molecule has 0 bridgehead atoms. The van der Waals surface area contributed by atoms with Crippen LogP contribution in [0.3, 0.4) is 0 Å². The summed E-state index contributed by atoms with van der Waals surface area (Å²) in [6.07, 6.45) is -5.26. The summed E-state index contributed by atoms with van der Waals surface area (Å²) < 4.78 is 49.8. The molecule has 102 valence electrons. The molecule has 1 N–H and O–H groups in total. The molecule has 1 unspecified atom stereocenters. The number of hydrogen-bond donors (Lipinski definition) is 1. The van der Waals surface area contributed by atoms with Crippen molar-refractivity contribution in [3.05, 3.63) is 34.1 Å². The first-order chi connectivity index (χ1) is 8.24. The molecule has 1 aromatic carbocycles. The van der Waals surface area contributed by atoms with E-state index in [-0.39, 0.29) is 11.4 Å². The van der Waals surface area contributed by atoms with E-state index in [2.05, 4.69) is 5.32 Å². The standard InChI is InChI=1S/C12H14ClF4N/c1-7-5-8(9(13)6-10(7)14)11(18-2)3-4-12(15,16)17/h5-6,11,18H,3-4H2,1-2H3. The van der Waals surface area contributed by atoms with E-state index in [1.54, 1.807) is 14.0 Å². The van der Waals surface area contributed by atoms with E-state index in [1.807, 2.05) is 0 Å². The summed E-state index contributed by atoms with van der Waals surface area (Å²) in [6, 6.07) is 2.07. The van der Waals surface area contributed by atoms with Crippen molar-refractivity contribution >= 4 is 11.6 Å². The molecule has 1 atom stereocenters. The second-order valence-electron chi connectivity index (χ2n) is 4.12. The molecule has 1 nitrogen and oxygen atoms in total. The summed E-state index contributed by atoms with van der Waals surface area (Å²) in [4.78, 5) is 0. The number of rotatable bonds is 4. The van der Waals surface area contributed by atoms with Gasteiger partial charge in [-0.05, 0) is 37.6 Å². The second kappa shape index (κ2) is 5.89. The predicted molar refractivity (Wildman–Crippen MR) is 63.2 cm³/mol. The van der Waals surface area contributed by atoms with Gasteiger partial charge in [-0.2, -0.15) is 13.2 Å². The van der Waals surface area contributed by atoms with Gasteiger partial charge in [-0.3, -0.25) is 0 Å². The third kappa shape index (κ3) is 4.14. The fourth-order valence-corrected chi connectivity index (χ4v) is 1.99. The lowest BCUT2D eigenvalue weighted by Gasteiger charge is -2.19. The molecule has 0 fully saturated rings. The molecule has 0 aromatic heterocycles. The van der Waals surface area contributed by atoms with Crippen LogP contribution in [0.2, 0.25) is 5.02 Å². The molecule has 1 rings (SSSR count). The Kier molecular flexibility index (Phi) is 4.99. The predicted octanol–water partition coefficient (Wildman–Crippen LogP) is 4.39. The molecule has 0 amide bonds. The van der Waals surface area contributed by atoms with Crippen molar-refractivity contribution < 1.29 is 17.6 Å². The Bertz CT molecular complexity index is 417. The van der Waals surface area contributed by atoms with Gasteiger partial charge in [0.1, 0.15) is 5.82 Å². The van der Waals surface area contributed by atoms with Crippen molar-refractivity contribution in [2.45, 2.75) is 32.0 Å². The maximum atomic E-state index is 13.2. The van der Waals surface area contributed by atoms with Crippen molar-refractivity contribution in [3.63, 3.8) is 0 Å². The van der Waals surface area contributed by atoms with Crippen LogP contribution in [0.1, 0.15) is 30.0 Å². The van der Waals surface area contributed by atoms with E-state index in [0.29, 0.717) is 11.1 Å². The molecule has 0 heterocycles. The Labute approximate surface area is 108 Å². The number of halogens is 5. The van der Waals surface area contributed by atoms with E-state index in [0.717, 1.165) is 6.07 Å². The van der Waals surface area contributed by atoms with Gasteiger partial charge in [0.15, 0.2) is 0 Å². The zero-order valence-electron chi connectivity index (χ0n) is 10.0. The first-order valence-corrected chi connectivity index (χ1v) is 5.82. The van der Waals surface area contributed by atoms with Crippen molar-refractivity contribution in [3.8, 4) is 0 Å². The molecule has 0 saturated carbocycles. The average Bonchev–Trinajstić information content (AvgIpc) is 2.24. The normalized spacial score (nSPS) is 13.7. The zero-order valence-corrected chi connectivity index (χ0v) is 10.8.